The number of carbonyl (C=O) groups excluding carboxylic acids is 2. The van der Waals surface area contributed by atoms with Crippen LogP contribution in [0.15, 0.2) is 53.4 Å². The van der Waals surface area contributed by atoms with Crippen molar-refractivity contribution in [3.63, 3.8) is 0 Å². The van der Waals surface area contributed by atoms with E-state index in [9.17, 15) is 9.59 Å². The zero-order valence-corrected chi connectivity index (χ0v) is 19.2. The van der Waals surface area contributed by atoms with Crippen molar-refractivity contribution < 1.29 is 19.1 Å². The quantitative estimate of drug-likeness (QED) is 0.454. The Morgan fingerprint density at radius 1 is 1.19 bits per heavy atom. The zero-order chi connectivity index (χ0) is 22.4. The number of ether oxygens (including phenoxy) is 2. The molecule has 0 bridgehead atoms. The Balaban J connectivity index is 1.78. The van der Waals surface area contributed by atoms with Gasteiger partial charge in [-0.2, -0.15) is 5.01 Å². The van der Waals surface area contributed by atoms with Crippen LogP contribution >= 0.6 is 24.0 Å². The highest BCUT2D eigenvalue weighted by atomic mass is 32.2. The lowest BCUT2D eigenvalue weighted by Crippen LogP contribution is -2.44. The maximum atomic E-state index is 12.8. The molecular formula is C23H24N2O4S2. The first-order valence-corrected chi connectivity index (χ1v) is 11.2. The Morgan fingerprint density at radius 3 is 2.61 bits per heavy atom. The number of hydrazine groups is 1. The molecule has 2 amide bonds. The molecule has 1 atom stereocenters. The summed E-state index contributed by atoms with van der Waals surface area (Å²) in [5, 5.41) is 1.10. The van der Waals surface area contributed by atoms with Gasteiger partial charge in [0.05, 0.1) is 17.6 Å². The highest BCUT2D eigenvalue weighted by Crippen LogP contribution is 2.34. The van der Waals surface area contributed by atoms with Crippen molar-refractivity contribution in [2.45, 2.75) is 33.3 Å². The monoisotopic (exact) mass is 456 g/mol. The molecule has 1 fully saturated rings. The molecule has 0 radical (unpaired) electrons. The minimum Gasteiger partial charge on any atom is -0.490 e. The van der Waals surface area contributed by atoms with Gasteiger partial charge in [-0.15, -0.1) is 0 Å². The van der Waals surface area contributed by atoms with Crippen molar-refractivity contribution in [2.24, 2.45) is 0 Å². The van der Waals surface area contributed by atoms with Crippen LogP contribution in [-0.2, 0) is 4.79 Å². The predicted octanol–water partition coefficient (Wildman–Crippen LogP) is 4.81. The highest BCUT2D eigenvalue weighted by molar-refractivity contribution is 8.26. The number of nitrogens with zero attached hydrogens (tertiary/aromatic N) is 1. The molecule has 1 aliphatic rings. The van der Waals surface area contributed by atoms with Gasteiger partial charge in [-0.3, -0.25) is 15.0 Å². The van der Waals surface area contributed by atoms with E-state index in [1.807, 2.05) is 38.1 Å². The zero-order valence-electron chi connectivity index (χ0n) is 17.6. The third-order valence-electron chi connectivity index (χ3n) is 4.51. The van der Waals surface area contributed by atoms with Crippen molar-refractivity contribution in [1.82, 2.24) is 10.4 Å². The third kappa shape index (κ3) is 5.65. The van der Waals surface area contributed by atoms with Gasteiger partial charge in [0.1, 0.15) is 0 Å². The first kappa shape index (κ1) is 22.8. The van der Waals surface area contributed by atoms with Gasteiger partial charge in [0, 0.05) is 5.56 Å². The van der Waals surface area contributed by atoms with Gasteiger partial charge in [-0.05, 0) is 68.4 Å². The Bertz CT molecular complexity index is 1010. The number of carbonyl (C=O) groups is 2. The molecule has 8 heteroatoms. The molecule has 0 unspecified atom stereocenters. The van der Waals surface area contributed by atoms with E-state index >= 15 is 0 Å². The first-order chi connectivity index (χ1) is 14.9. The van der Waals surface area contributed by atoms with E-state index in [1.54, 1.807) is 30.3 Å². The minimum absolute atomic E-state index is 0.0644. The summed E-state index contributed by atoms with van der Waals surface area (Å²) in [5.74, 6) is 0.501. The van der Waals surface area contributed by atoms with E-state index < -0.39 is 5.91 Å². The molecule has 2 aromatic carbocycles. The molecule has 1 aliphatic heterocycles. The summed E-state index contributed by atoms with van der Waals surface area (Å²) >= 11 is 6.43. The van der Waals surface area contributed by atoms with Crippen LogP contribution in [0.3, 0.4) is 0 Å². The molecule has 162 valence electrons. The topological polar surface area (TPSA) is 67.9 Å². The summed E-state index contributed by atoms with van der Waals surface area (Å²) in [4.78, 5) is 25.6. The smallest absolute Gasteiger partial charge is 0.285 e. The van der Waals surface area contributed by atoms with Crippen molar-refractivity contribution in [3.8, 4) is 11.5 Å². The van der Waals surface area contributed by atoms with Crippen molar-refractivity contribution >= 4 is 46.2 Å². The van der Waals surface area contributed by atoms with Crippen LogP contribution in [-0.4, -0.2) is 33.9 Å². The molecule has 6 nitrogen and oxygen atoms in total. The molecule has 2 aromatic rings. The van der Waals surface area contributed by atoms with Gasteiger partial charge in [0.2, 0.25) is 0 Å². The summed E-state index contributed by atoms with van der Waals surface area (Å²) in [5.41, 5.74) is 3.79. The number of thioether (sulfide) groups is 1. The van der Waals surface area contributed by atoms with Crippen LogP contribution < -0.4 is 14.9 Å². The predicted molar refractivity (Wildman–Crippen MR) is 127 cm³/mol. The number of nitrogens with one attached hydrogen (secondary N) is 1. The second-order valence-electron chi connectivity index (χ2n) is 6.80. The maximum Gasteiger partial charge on any atom is 0.285 e. The lowest BCUT2D eigenvalue weighted by Gasteiger charge is -2.16. The van der Waals surface area contributed by atoms with Gasteiger partial charge in [0.25, 0.3) is 11.8 Å². The van der Waals surface area contributed by atoms with E-state index in [4.69, 9.17) is 21.7 Å². The number of hydrogen-bond acceptors (Lipinski definition) is 6. The van der Waals surface area contributed by atoms with Gasteiger partial charge in [-0.1, -0.05) is 43.0 Å². The summed E-state index contributed by atoms with van der Waals surface area (Å²) in [6.07, 6.45) is 2.67. The van der Waals surface area contributed by atoms with E-state index in [0.29, 0.717) is 28.6 Å². The van der Waals surface area contributed by atoms with Crippen LogP contribution in [0.2, 0.25) is 0 Å². The first-order valence-electron chi connectivity index (χ1n) is 10.00. The third-order valence-corrected chi connectivity index (χ3v) is 5.81. The fourth-order valence-electron chi connectivity index (χ4n) is 2.75. The Morgan fingerprint density at radius 2 is 1.94 bits per heavy atom. The van der Waals surface area contributed by atoms with E-state index in [-0.39, 0.29) is 16.3 Å². The number of amides is 2. The lowest BCUT2D eigenvalue weighted by molar-refractivity contribution is -0.123. The average Bonchev–Trinajstić information content (AvgIpc) is 3.03. The van der Waals surface area contributed by atoms with Crippen LogP contribution in [0.1, 0.15) is 43.1 Å². The van der Waals surface area contributed by atoms with Gasteiger partial charge in [-0.25, -0.2) is 0 Å². The molecule has 0 aromatic heterocycles. The number of hydrogen-bond donors (Lipinski definition) is 1. The molecule has 0 spiro atoms. The van der Waals surface area contributed by atoms with Crippen LogP contribution in [0.25, 0.3) is 6.08 Å². The molecule has 31 heavy (non-hydrogen) atoms. The molecule has 0 aliphatic carbocycles. The Hall–Kier alpha value is -2.84. The van der Waals surface area contributed by atoms with E-state index in [0.717, 1.165) is 28.8 Å². The maximum absolute atomic E-state index is 12.8. The Labute approximate surface area is 191 Å². The largest absolute Gasteiger partial charge is 0.490 e. The van der Waals surface area contributed by atoms with E-state index in [2.05, 4.69) is 12.3 Å². The average molecular weight is 457 g/mol. The van der Waals surface area contributed by atoms with Crippen LogP contribution in [0, 0.1) is 0 Å². The van der Waals surface area contributed by atoms with Crippen molar-refractivity contribution in [1.29, 1.82) is 0 Å². The molecule has 3 rings (SSSR count). The SMILES string of the molecule is CCOc1cc(/C=C2/SC(=S)N(NC(=O)c3ccccc3)C2=O)ccc1O[C@H](C)CC. The summed E-state index contributed by atoms with van der Waals surface area (Å²) in [6, 6.07) is 14.2. The molecule has 1 saturated heterocycles. The van der Waals surface area contributed by atoms with Crippen molar-refractivity contribution in [2.75, 3.05) is 6.61 Å². The number of rotatable bonds is 8. The van der Waals surface area contributed by atoms with Crippen LogP contribution in [0.5, 0.6) is 11.5 Å². The Kier molecular flexibility index (Phi) is 7.70. The molecule has 1 N–H and O–H groups in total. The van der Waals surface area contributed by atoms with Gasteiger partial charge < -0.3 is 9.47 Å². The highest BCUT2D eigenvalue weighted by Gasteiger charge is 2.33. The standard InChI is InChI=1S/C23H24N2O4S2/c1-4-15(3)29-18-12-11-16(13-19(18)28-5-2)14-20-22(27)25(23(30)31-20)24-21(26)17-9-7-6-8-10-17/h6-15H,4-5H2,1-3H3,(H,24,26)/b20-14+/t15-/m1/s1. The molecular weight excluding hydrogens is 432 g/mol. The van der Waals surface area contributed by atoms with Gasteiger partial charge >= 0.3 is 0 Å². The van der Waals surface area contributed by atoms with Gasteiger partial charge in [0.15, 0.2) is 15.8 Å². The molecule has 1 heterocycles. The second-order valence-corrected chi connectivity index (χ2v) is 8.48. The summed E-state index contributed by atoms with van der Waals surface area (Å²) in [7, 11) is 0. The normalized spacial score (nSPS) is 15.8. The van der Waals surface area contributed by atoms with E-state index in [1.165, 1.54) is 0 Å². The van der Waals surface area contributed by atoms with Crippen LogP contribution in [0.4, 0.5) is 0 Å². The lowest BCUT2D eigenvalue weighted by atomic mass is 10.1. The fourth-order valence-corrected chi connectivity index (χ4v) is 3.93. The summed E-state index contributed by atoms with van der Waals surface area (Å²) < 4.78 is 11.9. The van der Waals surface area contributed by atoms with Crippen molar-refractivity contribution in [3.05, 3.63) is 64.6 Å². The molecule has 0 saturated carbocycles. The summed E-state index contributed by atoms with van der Waals surface area (Å²) in [6.45, 7) is 6.45. The second kappa shape index (κ2) is 10.5. The number of thiocarbonyl (C=S) groups is 1. The minimum atomic E-state index is -0.400. The number of benzene rings is 2. The fraction of sp³-hybridized carbons (Fsp3) is 0.261.